The molecule has 0 saturated heterocycles. The zero-order valence-electron chi connectivity index (χ0n) is 11.9. The first-order valence-electron chi connectivity index (χ1n) is 6.82. The van der Waals surface area contributed by atoms with Crippen LogP contribution in [0.2, 0.25) is 0 Å². The molecule has 1 aliphatic rings. The zero-order chi connectivity index (χ0) is 14.8. The lowest BCUT2D eigenvalue weighted by Crippen LogP contribution is -2.28. The maximum absolute atomic E-state index is 10.9. The smallest absolute Gasteiger partial charge is 0.275 e. The fourth-order valence-electron chi connectivity index (χ4n) is 2.52. The number of hydrazine groups is 1. The summed E-state index contributed by atoms with van der Waals surface area (Å²) in [7, 11) is 0. The summed E-state index contributed by atoms with van der Waals surface area (Å²) in [5, 5.41) is 10.9. The molecular formula is C14H21N3O3. The van der Waals surface area contributed by atoms with Crippen molar-refractivity contribution >= 4 is 11.4 Å². The number of ether oxygens (including phenoxy) is 1. The maximum atomic E-state index is 10.9. The molecule has 0 unspecified atom stereocenters. The highest BCUT2D eigenvalue weighted by Gasteiger charge is 2.28. The summed E-state index contributed by atoms with van der Waals surface area (Å²) in [6.45, 7) is 4.51. The van der Waals surface area contributed by atoms with Gasteiger partial charge in [-0.3, -0.25) is 16.0 Å². The Morgan fingerprint density at radius 1 is 1.35 bits per heavy atom. The van der Waals surface area contributed by atoms with Gasteiger partial charge in [0, 0.05) is 12.1 Å². The predicted molar refractivity (Wildman–Crippen MR) is 77.6 cm³/mol. The molecule has 2 rings (SSSR count). The van der Waals surface area contributed by atoms with Crippen LogP contribution in [-0.2, 0) is 0 Å². The van der Waals surface area contributed by atoms with Gasteiger partial charge in [0.05, 0.1) is 22.8 Å². The van der Waals surface area contributed by atoms with Crippen LogP contribution >= 0.6 is 0 Å². The number of nitrogens with two attached hydrogens (primary N) is 1. The van der Waals surface area contributed by atoms with E-state index in [-0.39, 0.29) is 11.8 Å². The number of nitrogen functional groups attached to an aromatic ring is 1. The van der Waals surface area contributed by atoms with E-state index in [1.165, 1.54) is 12.1 Å². The minimum atomic E-state index is -0.447. The van der Waals surface area contributed by atoms with Gasteiger partial charge in [0.1, 0.15) is 5.75 Å². The first-order chi connectivity index (χ1) is 9.39. The Balaban J connectivity index is 2.09. The normalized spacial score (nSPS) is 18.6. The molecular weight excluding hydrogens is 258 g/mol. The van der Waals surface area contributed by atoms with E-state index in [9.17, 15) is 10.1 Å². The fraction of sp³-hybridized carbons (Fsp3) is 0.571. The van der Waals surface area contributed by atoms with E-state index in [2.05, 4.69) is 19.3 Å². The van der Waals surface area contributed by atoms with Crippen molar-refractivity contribution < 1.29 is 9.66 Å². The molecule has 0 radical (unpaired) electrons. The molecule has 0 aromatic heterocycles. The van der Waals surface area contributed by atoms with Crippen LogP contribution in [0.5, 0.6) is 5.75 Å². The van der Waals surface area contributed by atoms with Gasteiger partial charge in [-0.05, 0) is 31.1 Å². The average Bonchev–Trinajstić information content (AvgIpc) is 2.41. The number of hydrogen-bond donors (Lipinski definition) is 2. The van der Waals surface area contributed by atoms with Gasteiger partial charge in [0.2, 0.25) is 0 Å². The summed E-state index contributed by atoms with van der Waals surface area (Å²) < 4.78 is 5.88. The van der Waals surface area contributed by atoms with Gasteiger partial charge in [0.15, 0.2) is 0 Å². The van der Waals surface area contributed by atoms with Crippen molar-refractivity contribution in [2.75, 3.05) is 5.43 Å². The summed E-state index contributed by atoms with van der Waals surface area (Å²) in [5.41, 5.74) is 3.25. The number of nitrogens with one attached hydrogen (secondary N) is 1. The quantitative estimate of drug-likeness (QED) is 0.501. The second-order valence-corrected chi connectivity index (χ2v) is 6.10. The van der Waals surface area contributed by atoms with E-state index in [1.54, 1.807) is 6.07 Å². The summed E-state index contributed by atoms with van der Waals surface area (Å²) in [6.07, 6.45) is 4.28. The zero-order valence-corrected chi connectivity index (χ0v) is 11.9. The van der Waals surface area contributed by atoms with Gasteiger partial charge in [-0.1, -0.05) is 13.8 Å². The van der Waals surface area contributed by atoms with Crippen LogP contribution in [-0.4, -0.2) is 11.0 Å². The highest BCUT2D eigenvalue weighted by molar-refractivity contribution is 5.55. The van der Waals surface area contributed by atoms with Crippen molar-refractivity contribution in [2.24, 2.45) is 11.3 Å². The standard InChI is InChI=1S/C14H21N3O3/c1-14(2)5-3-12(4-6-14)20-13-8-10(16-15)7-11(9-13)17(18)19/h7-9,12,16H,3-6,15H2,1-2H3. The molecule has 0 heterocycles. The summed E-state index contributed by atoms with van der Waals surface area (Å²) in [5.74, 6) is 5.83. The van der Waals surface area contributed by atoms with E-state index in [1.807, 2.05) is 0 Å². The molecule has 1 saturated carbocycles. The number of nitrogens with zero attached hydrogens (tertiary/aromatic N) is 1. The average molecular weight is 279 g/mol. The number of non-ortho nitro benzene ring substituents is 1. The third-order valence-electron chi connectivity index (χ3n) is 3.86. The van der Waals surface area contributed by atoms with E-state index in [0.29, 0.717) is 16.9 Å². The molecule has 6 nitrogen and oxygen atoms in total. The van der Waals surface area contributed by atoms with Gasteiger partial charge < -0.3 is 10.2 Å². The van der Waals surface area contributed by atoms with Gasteiger partial charge >= 0.3 is 0 Å². The molecule has 0 bridgehead atoms. The maximum Gasteiger partial charge on any atom is 0.275 e. The third-order valence-corrected chi connectivity index (χ3v) is 3.86. The number of benzene rings is 1. The highest BCUT2D eigenvalue weighted by Crippen LogP contribution is 2.37. The monoisotopic (exact) mass is 279 g/mol. The van der Waals surface area contributed by atoms with Crippen LogP contribution in [0.1, 0.15) is 39.5 Å². The van der Waals surface area contributed by atoms with Crippen LogP contribution in [0, 0.1) is 15.5 Å². The van der Waals surface area contributed by atoms with Gasteiger partial charge in [-0.15, -0.1) is 0 Å². The van der Waals surface area contributed by atoms with E-state index < -0.39 is 4.92 Å². The topological polar surface area (TPSA) is 90.4 Å². The van der Waals surface area contributed by atoms with Crippen LogP contribution in [0.4, 0.5) is 11.4 Å². The summed E-state index contributed by atoms with van der Waals surface area (Å²) in [4.78, 5) is 10.4. The minimum Gasteiger partial charge on any atom is -0.490 e. The van der Waals surface area contributed by atoms with E-state index >= 15 is 0 Å². The van der Waals surface area contributed by atoms with Crippen molar-refractivity contribution in [1.29, 1.82) is 0 Å². The molecule has 110 valence electrons. The minimum absolute atomic E-state index is 0.0217. The van der Waals surface area contributed by atoms with E-state index in [0.717, 1.165) is 25.7 Å². The van der Waals surface area contributed by atoms with E-state index in [4.69, 9.17) is 10.6 Å². The Labute approximate surface area is 118 Å². The molecule has 0 atom stereocenters. The lowest BCUT2D eigenvalue weighted by atomic mass is 9.76. The Kier molecular flexibility index (Phi) is 4.13. The fourth-order valence-corrected chi connectivity index (χ4v) is 2.52. The second-order valence-electron chi connectivity index (χ2n) is 6.10. The molecule has 1 aromatic rings. The van der Waals surface area contributed by atoms with Crippen molar-refractivity contribution in [2.45, 2.75) is 45.6 Å². The number of nitro groups is 1. The molecule has 3 N–H and O–H groups in total. The van der Waals surface area contributed by atoms with Gasteiger partial charge in [-0.2, -0.15) is 0 Å². The summed E-state index contributed by atoms with van der Waals surface area (Å²) in [6, 6.07) is 4.52. The van der Waals surface area contributed by atoms with Crippen LogP contribution in [0.15, 0.2) is 18.2 Å². The van der Waals surface area contributed by atoms with Crippen molar-refractivity contribution in [1.82, 2.24) is 0 Å². The molecule has 1 aromatic carbocycles. The highest BCUT2D eigenvalue weighted by atomic mass is 16.6. The molecule has 1 aliphatic carbocycles. The largest absolute Gasteiger partial charge is 0.490 e. The molecule has 6 heteroatoms. The van der Waals surface area contributed by atoms with Crippen LogP contribution < -0.4 is 16.0 Å². The third kappa shape index (κ3) is 3.60. The Bertz CT molecular complexity index is 492. The molecule has 1 fully saturated rings. The molecule has 0 spiro atoms. The lowest BCUT2D eigenvalue weighted by Gasteiger charge is -2.34. The van der Waals surface area contributed by atoms with Crippen LogP contribution in [0.25, 0.3) is 0 Å². The molecule has 0 amide bonds. The number of anilines is 1. The first-order valence-corrected chi connectivity index (χ1v) is 6.82. The second kappa shape index (κ2) is 5.66. The molecule has 0 aliphatic heterocycles. The summed E-state index contributed by atoms with van der Waals surface area (Å²) >= 11 is 0. The van der Waals surface area contributed by atoms with Gasteiger partial charge in [-0.25, -0.2) is 0 Å². The van der Waals surface area contributed by atoms with Crippen LogP contribution in [0.3, 0.4) is 0 Å². The Hall–Kier alpha value is -1.82. The number of hydrogen-bond acceptors (Lipinski definition) is 5. The van der Waals surface area contributed by atoms with Crippen molar-refractivity contribution in [3.63, 3.8) is 0 Å². The number of nitro benzene ring substituents is 1. The van der Waals surface area contributed by atoms with Gasteiger partial charge in [0.25, 0.3) is 5.69 Å². The van der Waals surface area contributed by atoms with Crippen molar-refractivity contribution in [3.8, 4) is 5.75 Å². The lowest BCUT2D eigenvalue weighted by molar-refractivity contribution is -0.384. The predicted octanol–water partition coefficient (Wildman–Crippen LogP) is 3.23. The number of rotatable bonds is 4. The first kappa shape index (κ1) is 14.6. The Morgan fingerprint density at radius 3 is 2.55 bits per heavy atom. The SMILES string of the molecule is CC1(C)CCC(Oc2cc(NN)cc([N+](=O)[O-])c2)CC1. The molecule has 20 heavy (non-hydrogen) atoms. The Morgan fingerprint density at radius 2 is 2.00 bits per heavy atom. The van der Waals surface area contributed by atoms with Crippen molar-refractivity contribution in [3.05, 3.63) is 28.3 Å².